The molecule has 5 rings (SSSR count). The third-order valence-electron chi connectivity index (χ3n) is 5.88. The summed E-state index contributed by atoms with van der Waals surface area (Å²) >= 11 is 1.43. The number of aromatic nitrogens is 3. The molecule has 0 aliphatic heterocycles. The summed E-state index contributed by atoms with van der Waals surface area (Å²) in [5.74, 6) is -0.553. The minimum atomic E-state index is -0.601. The summed E-state index contributed by atoms with van der Waals surface area (Å²) in [7, 11) is 0. The number of Topliss-reactive ketones (excluding diaryl/α,β-unsaturated/α-hetero) is 2. The minimum Gasteiger partial charge on any atom is -0.453 e. The maximum Gasteiger partial charge on any atom is 0.166 e. The monoisotopic (exact) mass is 529 g/mol. The van der Waals surface area contributed by atoms with Crippen LogP contribution in [0.3, 0.4) is 0 Å². The number of aliphatic hydroxyl groups is 1. The molecule has 0 aliphatic carbocycles. The van der Waals surface area contributed by atoms with Gasteiger partial charge < -0.3 is 14.4 Å². The topological polar surface area (TPSA) is 94.3 Å². The van der Waals surface area contributed by atoms with E-state index in [9.17, 15) is 14.0 Å². The molecule has 5 aromatic rings. The lowest BCUT2D eigenvalue weighted by Gasteiger charge is -2.09. The molecule has 3 aromatic heterocycles. The van der Waals surface area contributed by atoms with Crippen LogP contribution in [0.4, 0.5) is 4.39 Å². The van der Waals surface area contributed by atoms with Gasteiger partial charge in [0, 0.05) is 37.8 Å². The van der Waals surface area contributed by atoms with E-state index >= 15 is 0 Å². The summed E-state index contributed by atoms with van der Waals surface area (Å²) in [5.41, 5.74) is 2.78. The molecule has 0 atom stereocenters. The first-order valence-electron chi connectivity index (χ1n) is 12.0. The summed E-state index contributed by atoms with van der Waals surface area (Å²) in [6.07, 6.45) is 5.06. The third-order valence-corrected chi connectivity index (χ3v) is 7.04. The number of carbonyl (C=O) groups is 2. The molecule has 3 heterocycles. The zero-order chi connectivity index (χ0) is 26.5. The van der Waals surface area contributed by atoms with Crippen LogP contribution in [-0.2, 0) is 29.0 Å². The number of aliphatic hydroxyl groups excluding tert-OH is 1. The summed E-state index contributed by atoms with van der Waals surface area (Å²) in [5, 5.41) is 9.12. The number of ketones is 2. The van der Waals surface area contributed by atoms with E-state index in [4.69, 9.17) is 9.84 Å². The van der Waals surface area contributed by atoms with Gasteiger partial charge in [0.15, 0.2) is 11.6 Å². The highest BCUT2D eigenvalue weighted by atomic mass is 32.1. The number of hydrogen-bond acceptors (Lipinski definition) is 7. The van der Waals surface area contributed by atoms with Crippen LogP contribution in [0, 0.1) is 5.82 Å². The molecule has 0 radical (unpaired) electrons. The number of thiophene rings is 1. The highest BCUT2D eigenvalue weighted by molar-refractivity contribution is 7.22. The van der Waals surface area contributed by atoms with Gasteiger partial charge in [0.2, 0.25) is 0 Å². The Morgan fingerprint density at radius 1 is 0.947 bits per heavy atom. The molecule has 1 N–H and O–H groups in total. The Balaban J connectivity index is 1.26. The van der Waals surface area contributed by atoms with Crippen molar-refractivity contribution in [1.82, 2.24) is 14.5 Å². The van der Waals surface area contributed by atoms with Crippen LogP contribution in [0.1, 0.15) is 17.5 Å². The first-order chi connectivity index (χ1) is 18.5. The Labute approximate surface area is 222 Å². The molecule has 0 bridgehead atoms. The van der Waals surface area contributed by atoms with Gasteiger partial charge in [0.1, 0.15) is 17.3 Å². The lowest BCUT2D eigenvalue weighted by molar-refractivity contribution is -0.126. The molecule has 0 fully saturated rings. The van der Waals surface area contributed by atoms with Crippen molar-refractivity contribution in [3.05, 3.63) is 96.3 Å². The first-order valence-corrected chi connectivity index (χ1v) is 12.9. The molecule has 38 heavy (non-hydrogen) atoms. The number of halogens is 1. The molecule has 7 nitrogen and oxygen atoms in total. The van der Waals surface area contributed by atoms with Crippen molar-refractivity contribution in [2.75, 3.05) is 6.61 Å². The predicted octanol–water partition coefficient (Wildman–Crippen LogP) is 5.40. The lowest BCUT2D eigenvalue weighted by Crippen LogP contribution is -2.12. The summed E-state index contributed by atoms with van der Waals surface area (Å²) < 4.78 is 23.4. The zero-order valence-electron chi connectivity index (χ0n) is 20.3. The van der Waals surface area contributed by atoms with E-state index in [0.29, 0.717) is 23.4 Å². The molecule has 0 spiro atoms. The number of rotatable bonds is 11. The quantitative estimate of drug-likeness (QED) is 0.230. The number of fused-ring (bicyclic) bond motifs is 1. The van der Waals surface area contributed by atoms with Gasteiger partial charge >= 0.3 is 0 Å². The molecule has 0 amide bonds. The smallest absolute Gasteiger partial charge is 0.166 e. The fourth-order valence-corrected chi connectivity index (χ4v) is 5.13. The van der Waals surface area contributed by atoms with Gasteiger partial charge in [-0.2, -0.15) is 0 Å². The predicted molar refractivity (Wildman–Crippen MR) is 143 cm³/mol. The third kappa shape index (κ3) is 6.01. The second-order valence-electron chi connectivity index (χ2n) is 8.81. The van der Waals surface area contributed by atoms with E-state index in [2.05, 4.69) is 9.97 Å². The standard InChI is InChI=1S/C29H24FN3O4S/c30-23-14-20(13-22(36)15-21(35)12-19-4-2-1-3-5-19)6-7-26(23)37-27-8-9-31-24-16-28(38-29(24)27)25-17-33(10-11-34)18-32-25/h1-9,14,16-18,34H,10-13,15H2. The van der Waals surface area contributed by atoms with E-state index in [0.717, 1.165) is 20.8 Å². The maximum absolute atomic E-state index is 14.9. The van der Waals surface area contributed by atoms with Gasteiger partial charge in [-0.1, -0.05) is 36.4 Å². The fraction of sp³-hybridized carbons (Fsp3) is 0.172. The van der Waals surface area contributed by atoms with Gasteiger partial charge in [0.25, 0.3) is 0 Å². The molecule has 0 unspecified atom stereocenters. The van der Waals surface area contributed by atoms with Gasteiger partial charge in [-0.15, -0.1) is 11.3 Å². The number of benzene rings is 2. The van der Waals surface area contributed by atoms with Crippen molar-refractivity contribution >= 4 is 33.1 Å². The molecule has 0 saturated heterocycles. The van der Waals surface area contributed by atoms with Crippen LogP contribution >= 0.6 is 11.3 Å². The van der Waals surface area contributed by atoms with Crippen molar-refractivity contribution in [3.63, 3.8) is 0 Å². The first kappa shape index (κ1) is 25.4. The van der Waals surface area contributed by atoms with Crippen LogP contribution < -0.4 is 4.74 Å². The van der Waals surface area contributed by atoms with Gasteiger partial charge in [0.05, 0.1) is 40.1 Å². The van der Waals surface area contributed by atoms with Crippen molar-refractivity contribution < 1.29 is 23.8 Å². The van der Waals surface area contributed by atoms with Crippen LogP contribution in [0.25, 0.3) is 20.8 Å². The van der Waals surface area contributed by atoms with E-state index in [1.807, 2.05) is 42.6 Å². The molecular formula is C29H24FN3O4S. The second-order valence-corrected chi connectivity index (χ2v) is 9.87. The van der Waals surface area contributed by atoms with E-state index in [1.165, 1.54) is 23.5 Å². The van der Waals surface area contributed by atoms with Crippen LogP contribution in [0.2, 0.25) is 0 Å². The molecule has 9 heteroatoms. The average Bonchev–Trinajstić information content (AvgIpc) is 3.54. The SMILES string of the molecule is O=C(CC(=O)Cc1ccc(Oc2ccnc3cc(-c4cn(CCO)cn4)sc23)c(F)c1)Cc1ccccc1. The van der Waals surface area contributed by atoms with Crippen molar-refractivity contribution in [1.29, 1.82) is 0 Å². The maximum atomic E-state index is 14.9. The molecule has 192 valence electrons. The Bertz CT molecular complexity index is 1600. The largest absolute Gasteiger partial charge is 0.453 e. The van der Waals surface area contributed by atoms with E-state index in [1.54, 1.807) is 29.2 Å². The van der Waals surface area contributed by atoms with Crippen LogP contribution in [0.5, 0.6) is 11.5 Å². The number of nitrogens with zero attached hydrogens (tertiary/aromatic N) is 3. The highest BCUT2D eigenvalue weighted by Crippen LogP contribution is 2.39. The Hall–Kier alpha value is -4.21. The van der Waals surface area contributed by atoms with Crippen LogP contribution in [-0.4, -0.2) is 37.8 Å². The van der Waals surface area contributed by atoms with Gasteiger partial charge in [-0.25, -0.2) is 9.37 Å². The number of ether oxygens (including phenoxy) is 1. The summed E-state index contributed by atoms with van der Waals surface area (Å²) in [6, 6.07) is 17.2. The highest BCUT2D eigenvalue weighted by Gasteiger charge is 2.16. The number of imidazole rings is 1. The minimum absolute atomic E-state index is 0.0205. The van der Waals surface area contributed by atoms with E-state index in [-0.39, 0.29) is 43.2 Å². The molecular weight excluding hydrogens is 505 g/mol. The summed E-state index contributed by atoms with van der Waals surface area (Å²) in [6.45, 7) is 0.474. The second kappa shape index (κ2) is 11.5. The average molecular weight is 530 g/mol. The normalized spacial score (nSPS) is 11.1. The van der Waals surface area contributed by atoms with Gasteiger partial charge in [-0.05, 0) is 29.3 Å². The van der Waals surface area contributed by atoms with Crippen molar-refractivity contribution in [2.45, 2.75) is 25.8 Å². The summed E-state index contributed by atoms with van der Waals surface area (Å²) in [4.78, 5) is 34.3. The van der Waals surface area contributed by atoms with Crippen molar-refractivity contribution in [2.24, 2.45) is 0 Å². The Morgan fingerprint density at radius 2 is 1.74 bits per heavy atom. The molecule has 0 aliphatic rings. The van der Waals surface area contributed by atoms with Crippen LogP contribution in [0.15, 0.2) is 79.4 Å². The zero-order valence-corrected chi connectivity index (χ0v) is 21.2. The Morgan fingerprint density at radius 3 is 2.50 bits per heavy atom. The number of pyridine rings is 1. The molecule has 0 saturated carbocycles. The van der Waals surface area contributed by atoms with E-state index < -0.39 is 5.82 Å². The lowest BCUT2D eigenvalue weighted by atomic mass is 10.0. The molecule has 2 aromatic carbocycles. The Kier molecular flexibility index (Phi) is 7.67. The fourth-order valence-electron chi connectivity index (χ4n) is 4.10. The number of hydrogen-bond donors (Lipinski definition) is 1. The van der Waals surface area contributed by atoms with Crippen molar-refractivity contribution in [3.8, 4) is 22.1 Å². The number of carbonyl (C=O) groups excluding carboxylic acids is 2. The van der Waals surface area contributed by atoms with Gasteiger partial charge in [-0.3, -0.25) is 14.6 Å².